The van der Waals surface area contributed by atoms with Crippen molar-refractivity contribution in [1.29, 1.82) is 0 Å². The average molecular weight is 289 g/mol. The number of fused-ring (bicyclic) bond motifs is 3. The molecular formula is C16H19NO4. The Balaban J connectivity index is 1.36. The summed E-state index contributed by atoms with van der Waals surface area (Å²) >= 11 is 0. The van der Waals surface area contributed by atoms with Gasteiger partial charge in [-0.2, -0.15) is 0 Å². The molecule has 0 bridgehead atoms. The van der Waals surface area contributed by atoms with E-state index in [1.807, 2.05) is 0 Å². The van der Waals surface area contributed by atoms with Gasteiger partial charge in [-0.05, 0) is 36.5 Å². The molecule has 2 amide bonds. The highest BCUT2D eigenvalue weighted by molar-refractivity contribution is 6.07. The zero-order chi connectivity index (χ0) is 14.8. The van der Waals surface area contributed by atoms with E-state index in [1.54, 1.807) is 0 Å². The largest absolute Gasteiger partial charge is 0.481 e. The lowest BCUT2D eigenvalue weighted by atomic mass is 9.74. The molecule has 2 saturated carbocycles. The van der Waals surface area contributed by atoms with Crippen molar-refractivity contribution in [3.63, 3.8) is 0 Å². The Morgan fingerprint density at radius 3 is 2.67 bits per heavy atom. The van der Waals surface area contributed by atoms with Gasteiger partial charge in [-0.3, -0.25) is 19.3 Å². The highest BCUT2D eigenvalue weighted by atomic mass is 16.4. The minimum absolute atomic E-state index is 0.0177. The molecule has 3 fully saturated rings. The Morgan fingerprint density at radius 2 is 2.00 bits per heavy atom. The predicted octanol–water partition coefficient (Wildman–Crippen LogP) is 1.44. The summed E-state index contributed by atoms with van der Waals surface area (Å²) in [6.07, 6.45) is 7.63. The smallest absolute Gasteiger partial charge is 0.303 e. The molecule has 5 unspecified atom stereocenters. The third kappa shape index (κ3) is 1.60. The summed E-state index contributed by atoms with van der Waals surface area (Å²) in [4.78, 5) is 36.9. The third-order valence-corrected chi connectivity index (χ3v) is 5.92. The Hall–Kier alpha value is -1.65. The molecular weight excluding hydrogens is 270 g/mol. The number of hydrogen-bond acceptors (Lipinski definition) is 3. The van der Waals surface area contributed by atoms with Crippen LogP contribution in [0.3, 0.4) is 0 Å². The molecule has 1 N–H and O–H groups in total. The summed E-state index contributed by atoms with van der Waals surface area (Å²) < 4.78 is 0. The van der Waals surface area contributed by atoms with Gasteiger partial charge in [0, 0.05) is 13.0 Å². The van der Waals surface area contributed by atoms with E-state index in [2.05, 4.69) is 12.2 Å². The lowest BCUT2D eigenvalue weighted by Gasteiger charge is -2.30. The van der Waals surface area contributed by atoms with Gasteiger partial charge in [0.2, 0.25) is 11.8 Å². The summed E-state index contributed by atoms with van der Waals surface area (Å²) in [6, 6.07) is 0. The van der Waals surface area contributed by atoms with E-state index in [9.17, 15) is 14.4 Å². The first-order chi connectivity index (χ1) is 10.1. The van der Waals surface area contributed by atoms with Crippen LogP contribution in [0.5, 0.6) is 0 Å². The topological polar surface area (TPSA) is 74.7 Å². The number of amides is 2. The first kappa shape index (κ1) is 13.0. The summed E-state index contributed by atoms with van der Waals surface area (Å²) in [6.45, 7) is 0.459. The fourth-order valence-corrected chi connectivity index (χ4v) is 4.79. The standard InChI is InChI=1S/C16H19NO4/c18-11(19)4-2-1-3-7-17-14(20)12-9-5-6-16(9)8-10(16)13(12)15(17)21/h5-6,9-10,12-13H,1-4,7-8H2,(H,18,19). The number of carbonyl (C=O) groups excluding carboxylic acids is 2. The SMILES string of the molecule is O=C(O)CCCCCN1C(=O)C2C(C1=O)C1CC13C=CC23. The van der Waals surface area contributed by atoms with Crippen molar-refractivity contribution < 1.29 is 19.5 Å². The van der Waals surface area contributed by atoms with E-state index in [4.69, 9.17) is 5.11 Å². The number of unbranched alkanes of at least 4 members (excludes halogenated alkanes) is 2. The lowest BCUT2D eigenvalue weighted by Crippen LogP contribution is -2.36. The van der Waals surface area contributed by atoms with Crippen LogP contribution in [0.25, 0.3) is 0 Å². The van der Waals surface area contributed by atoms with Gasteiger partial charge in [0.1, 0.15) is 0 Å². The number of carboxylic acid groups (broad SMARTS) is 1. The monoisotopic (exact) mass is 289 g/mol. The molecule has 112 valence electrons. The van der Waals surface area contributed by atoms with Gasteiger partial charge in [0.15, 0.2) is 0 Å². The molecule has 1 heterocycles. The molecule has 0 aromatic heterocycles. The van der Waals surface area contributed by atoms with Crippen LogP contribution in [0.4, 0.5) is 0 Å². The van der Waals surface area contributed by atoms with Crippen LogP contribution in [0.2, 0.25) is 0 Å². The number of likely N-dealkylation sites (tertiary alicyclic amines) is 1. The minimum Gasteiger partial charge on any atom is -0.481 e. The average Bonchev–Trinajstić information content (AvgIpc) is 3.08. The van der Waals surface area contributed by atoms with Gasteiger partial charge in [-0.15, -0.1) is 0 Å². The van der Waals surface area contributed by atoms with E-state index in [-0.39, 0.29) is 35.5 Å². The minimum atomic E-state index is -0.792. The number of imide groups is 1. The zero-order valence-electron chi connectivity index (χ0n) is 11.8. The summed E-state index contributed by atoms with van der Waals surface area (Å²) in [5, 5.41) is 8.59. The maximum absolute atomic E-state index is 12.5. The Labute approximate surface area is 123 Å². The molecule has 4 aliphatic rings. The van der Waals surface area contributed by atoms with Crippen LogP contribution in [-0.4, -0.2) is 34.3 Å². The molecule has 1 spiro atoms. The van der Waals surface area contributed by atoms with Crippen LogP contribution in [0.1, 0.15) is 32.1 Å². The Morgan fingerprint density at radius 1 is 1.24 bits per heavy atom. The van der Waals surface area contributed by atoms with Crippen LogP contribution < -0.4 is 0 Å². The Bertz CT molecular complexity index is 569. The van der Waals surface area contributed by atoms with Crippen LogP contribution in [-0.2, 0) is 14.4 Å². The summed E-state index contributed by atoms with van der Waals surface area (Å²) in [5.41, 5.74) is 0.216. The van der Waals surface area contributed by atoms with E-state index in [0.717, 1.165) is 12.8 Å². The number of hydrogen-bond donors (Lipinski definition) is 1. The highest BCUT2D eigenvalue weighted by Gasteiger charge is 2.77. The van der Waals surface area contributed by atoms with Gasteiger partial charge in [-0.1, -0.05) is 18.6 Å². The molecule has 5 atom stereocenters. The van der Waals surface area contributed by atoms with Gasteiger partial charge >= 0.3 is 5.97 Å². The van der Waals surface area contributed by atoms with Gasteiger partial charge in [0.25, 0.3) is 0 Å². The molecule has 0 aromatic carbocycles. The second-order valence-corrected chi connectivity index (χ2v) is 6.89. The van der Waals surface area contributed by atoms with E-state index in [0.29, 0.717) is 31.2 Å². The van der Waals surface area contributed by atoms with Gasteiger partial charge in [-0.25, -0.2) is 0 Å². The predicted molar refractivity (Wildman–Crippen MR) is 73.0 cm³/mol. The fourth-order valence-electron chi connectivity index (χ4n) is 4.79. The quantitative estimate of drug-likeness (QED) is 0.456. The number of allylic oxidation sites excluding steroid dienone is 2. The number of carboxylic acids is 1. The molecule has 0 aromatic rings. The molecule has 3 aliphatic carbocycles. The highest BCUT2D eigenvalue weighted by Crippen LogP contribution is 2.77. The Kier molecular flexibility index (Phi) is 2.60. The number of carbonyl (C=O) groups is 3. The fraction of sp³-hybridized carbons (Fsp3) is 0.688. The third-order valence-electron chi connectivity index (χ3n) is 5.92. The van der Waals surface area contributed by atoms with Crippen LogP contribution >= 0.6 is 0 Å². The first-order valence-electron chi connectivity index (χ1n) is 7.82. The van der Waals surface area contributed by atoms with Crippen LogP contribution in [0.15, 0.2) is 12.2 Å². The molecule has 21 heavy (non-hydrogen) atoms. The summed E-state index contributed by atoms with van der Waals surface area (Å²) in [5.74, 6) is -0.200. The second kappa shape index (κ2) is 4.18. The maximum atomic E-state index is 12.5. The molecule has 0 radical (unpaired) electrons. The van der Waals surface area contributed by atoms with Gasteiger partial charge < -0.3 is 5.11 Å². The van der Waals surface area contributed by atoms with Crippen molar-refractivity contribution in [2.75, 3.05) is 6.54 Å². The molecule has 1 saturated heterocycles. The van der Waals surface area contributed by atoms with Crippen molar-refractivity contribution in [2.24, 2.45) is 29.1 Å². The van der Waals surface area contributed by atoms with E-state index in [1.165, 1.54) is 4.90 Å². The number of aliphatic carboxylic acids is 1. The molecule has 1 aliphatic heterocycles. The van der Waals surface area contributed by atoms with Crippen molar-refractivity contribution in [3.8, 4) is 0 Å². The number of rotatable bonds is 6. The van der Waals surface area contributed by atoms with Crippen molar-refractivity contribution in [1.82, 2.24) is 4.90 Å². The number of nitrogens with zero attached hydrogens (tertiary/aromatic N) is 1. The van der Waals surface area contributed by atoms with Crippen molar-refractivity contribution in [3.05, 3.63) is 12.2 Å². The first-order valence-corrected chi connectivity index (χ1v) is 7.82. The van der Waals surface area contributed by atoms with Gasteiger partial charge in [0.05, 0.1) is 11.8 Å². The second-order valence-electron chi connectivity index (χ2n) is 6.89. The lowest BCUT2D eigenvalue weighted by molar-refractivity contribution is -0.141. The normalized spacial score (nSPS) is 41.6. The zero-order valence-corrected chi connectivity index (χ0v) is 11.8. The molecule has 4 rings (SSSR count). The van der Waals surface area contributed by atoms with Crippen molar-refractivity contribution in [2.45, 2.75) is 32.1 Å². The summed E-state index contributed by atoms with van der Waals surface area (Å²) in [7, 11) is 0. The molecule has 5 heteroatoms. The maximum Gasteiger partial charge on any atom is 0.303 e. The molecule has 5 nitrogen and oxygen atoms in total. The van der Waals surface area contributed by atoms with E-state index >= 15 is 0 Å². The van der Waals surface area contributed by atoms with Crippen molar-refractivity contribution >= 4 is 17.8 Å². The van der Waals surface area contributed by atoms with Crippen LogP contribution in [0, 0.1) is 29.1 Å². The van der Waals surface area contributed by atoms with E-state index < -0.39 is 5.97 Å².